The van der Waals surface area contributed by atoms with E-state index in [9.17, 15) is 9.18 Å². The second-order valence-electron chi connectivity index (χ2n) is 7.58. The van der Waals surface area contributed by atoms with Crippen LogP contribution in [0.5, 0.6) is 11.5 Å². The van der Waals surface area contributed by atoms with Crippen LogP contribution >= 0.6 is 27.5 Å². The van der Waals surface area contributed by atoms with Crippen molar-refractivity contribution in [2.45, 2.75) is 26.9 Å². The topological polar surface area (TPSA) is 65.7 Å². The first-order valence-corrected chi connectivity index (χ1v) is 12.2. The van der Waals surface area contributed by atoms with E-state index in [-0.39, 0.29) is 18.0 Å². The molecular formula is C26H22BrClFN3O3. The molecule has 0 bridgehead atoms. The van der Waals surface area contributed by atoms with E-state index in [2.05, 4.69) is 26.0 Å². The number of nitrogens with zero attached hydrogens (tertiary/aromatic N) is 3. The monoisotopic (exact) mass is 557 g/mol. The van der Waals surface area contributed by atoms with Crippen molar-refractivity contribution in [1.82, 2.24) is 9.66 Å². The lowest BCUT2D eigenvalue weighted by Gasteiger charge is -2.14. The van der Waals surface area contributed by atoms with E-state index in [4.69, 9.17) is 21.1 Å². The molecule has 0 atom stereocenters. The minimum Gasteiger partial charge on any atom is -0.490 e. The molecule has 0 amide bonds. The fourth-order valence-corrected chi connectivity index (χ4v) is 4.10. The normalized spacial score (nSPS) is 11.3. The third-order valence-electron chi connectivity index (χ3n) is 5.14. The molecule has 35 heavy (non-hydrogen) atoms. The van der Waals surface area contributed by atoms with E-state index < -0.39 is 0 Å². The predicted octanol–water partition coefficient (Wildman–Crippen LogP) is 6.37. The second-order valence-corrected chi connectivity index (χ2v) is 8.91. The number of hydrogen-bond donors (Lipinski definition) is 0. The highest BCUT2D eigenvalue weighted by Gasteiger charge is 2.14. The molecule has 9 heteroatoms. The van der Waals surface area contributed by atoms with Gasteiger partial charge in [-0.1, -0.05) is 46.6 Å². The van der Waals surface area contributed by atoms with Crippen LogP contribution in [-0.4, -0.2) is 22.5 Å². The molecule has 4 aromatic rings. The summed E-state index contributed by atoms with van der Waals surface area (Å²) in [5.74, 6) is 1.03. The van der Waals surface area contributed by atoms with E-state index in [0.29, 0.717) is 51.8 Å². The largest absolute Gasteiger partial charge is 0.490 e. The molecule has 1 heterocycles. The van der Waals surface area contributed by atoms with Crippen LogP contribution in [0.15, 0.2) is 69.0 Å². The second kappa shape index (κ2) is 11.0. The summed E-state index contributed by atoms with van der Waals surface area (Å²) in [4.78, 5) is 17.7. The Labute approximate surface area is 215 Å². The van der Waals surface area contributed by atoms with E-state index >= 15 is 0 Å². The molecule has 0 fully saturated rings. The highest BCUT2D eigenvalue weighted by atomic mass is 79.9. The number of benzene rings is 3. The molecule has 0 N–H and O–H groups in total. The summed E-state index contributed by atoms with van der Waals surface area (Å²) in [5.41, 5.74) is 1.76. The van der Waals surface area contributed by atoms with Gasteiger partial charge in [-0.15, -0.1) is 0 Å². The highest BCUT2D eigenvalue weighted by molar-refractivity contribution is 9.10. The van der Waals surface area contributed by atoms with E-state index in [1.165, 1.54) is 23.0 Å². The number of fused-ring (bicyclic) bond motifs is 1. The molecule has 180 valence electrons. The molecular weight excluding hydrogens is 537 g/mol. The molecule has 6 nitrogen and oxygen atoms in total. The number of aryl methyl sites for hydroxylation is 1. The summed E-state index contributed by atoms with van der Waals surface area (Å²) in [6, 6.07) is 14.8. The quantitative estimate of drug-likeness (QED) is 0.236. The molecule has 0 aliphatic carbocycles. The molecule has 0 saturated carbocycles. The van der Waals surface area contributed by atoms with Crippen LogP contribution < -0.4 is 15.0 Å². The van der Waals surface area contributed by atoms with Crippen LogP contribution in [0.3, 0.4) is 0 Å². The molecule has 1 aromatic heterocycles. The van der Waals surface area contributed by atoms with Crippen LogP contribution in [0.4, 0.5) is 4.39 Å². The van der Waals surface area contributed by atoms with E-state index in [0.717, 1.165) is 10.0 Å². The Morgan fingerprint density at radius 3 is 2.60 bits per heavy atom. The fraction of sp³-hybridized carbons (Fsp3) is 0.192. The predicted molar refractivity (Wildman–Crippen MR) is 139 cm³/mol. The number of rotatable bonds is 8. The van der Waals surface area contributed by atoms with Crippen molar-refractivity contribution in [1.29, 1.82) is 0 Å². The maximum Gasteiger partial charge on any atom is 0.282 e. The zero-order valence-corrected chi connectivity index (χ0v) is 21.4. The summed E-state index contributed by atoms with van der Waals surface area (Å²) < 4.78 is 26.9. The third-order valence-corrected chi connectivity index (χ3v) is 5.92. The summed E-state index contributed by atoms with van der Waals surface area (Å²) >= 11 is 9.92. The number of aromatic nitrogens is 2. The Bertz CT molecular complexity index is 1460. The van der Waals surface area contributed by atoms with Gasteiger partial charge in [0.1, 0.15) is 18.2 Å². The van der Waals surface area contributed by atoms with Crippen molar-refractivity contribution in [3.05, 3.63) is 97.2 Å². The van der Waals surface area contributed by atoms with Gasteiger partial charge in [0.15, 0.2) is 11.5 Å². The molecule has 3 aromatic carbocycles. The van der Waals surface area contributed by atoms with E-state index in [1.54, 1.807) is 36.4 Å². The van der Waals surface area contributed by atoms with Crippen molar-refractivity contribution in [3.8, 4) is 11.5 Å². The number of halogens is 3. The lowest BCUT2D eigenvalue weighted by Crippen LogP contribution is -2.22. The van der Waals surface area contributed by atoms with Crippen molar-refractivity contribution >= 4 is 44.6 Å². The average Bonchev–Trinajstić information content (AvgIpc) is 2.84. The lowest BCUT2D eigenvalue weighted by atomic mass is 10.2. The zero-order valence-electron chi connectivity index (χ0n) is 19.1. The van der Waals surface area contributed by atoms with Crippen LogP contribution in [0.25, 0.3) is 10.9 Å². The van der Waals surface area contributed by atoms with Crippen molar-refractivity contribution in [2.24, 2.45) is 5.10 Å². The molecule has 0 radical (unpaired) electrons. The van der Waals surface area contributed by atoms with Gasteiger partial charge < -0.3 is 9.47 Å². The van der Waals surface area contributed by atoms with Crippen molar-refractivity contribution < 1.29 is 13.9 Å². The first kappa shape index (κ1) is 24.9. The van der Waals surface area contributed by atoms with Crippen LogP contribution in [0.2, 0.25) is 5.02 Å². The van der Waals surface area contributed by atoms with Crippen LogP contribution in [-0.2, 0) is 13.0 Å². The SMILES string of the molecule is CCOc1cc(C=Nn2c(CC)nc3ccc(Br)cc3c2=O)cc(Cl)c1OCc1ccc(F)cc1. The number of hydrogen-bond acceptors (Lipinski definition) is 5. The first-order chi connectivity index (χ1) is 16.9. The van der Waals surface area contributed by atoms with Gasteiger partial charge in [-0.3, -0.25) is 4.79 Å². The molecule has 0 spiro atoms. The summed E-state index contributed by atoms with van der Waals surface area (Å²) in [6.07, 6.45) is 2.06. The van der Waals surface area contributed by atoms with Gasteiger partial charge in [0.05, 0.1) is 28.7 Å². The minimum atomic E-state index is -0.315. The lowest BCUT2D eigenvalue weighted by molar-refractivity contribution is 0.269. The van der Waals surface area contributed by atoms with Gasteiger partial charge in [0, 0.05) is 10.9 Å². The minimum absolute atomic E-state index is 0.196. The third kappa shape index (κ3) is 5.71. The molecule has 0 aliphatic heterocycles. The fourth-order valence-electron chi connectivity index (χ4n) is 3.47. The molecule has 0 saturated heterocycles. The Morgan fingerprint density at radius 1 is 1.11 bits per heavy atom. The average molecular weight is 559 g/mol. The van der Waals surface area contributed by atoms with Crippen molar-refractivity contribution in [3.63, 3.8) is 0 Å². The highest BCUT2D eigenvalue weighted by Crippen LogP contribution is 2.37. The Balaban J connectivity index is 1.67. The molecule has 0 aliphatic rings. The number of ether oxygens (including phenoxy) is 2. The van der Waals surface area contributed by atoms with Crippen LogP contribution in [0, 0.1) is 5.82 Å². The summed E-state index contributed by atoms with van der Waals surface area (Å²) in [6.45, 7) is 4.36. The van der Waals surface area contributed by atoms with Gasteiger partial charge in [0.2, 0.25) is 0 Å². The summed E-state index contributed by atoms with van der Waals surface area (Å²) in [5, 5.41) is 5.20. The van der Waals surface area contributed by atoms with Gasteiger partial charge in [0.25, 0.3) is 5.56 Å². The van der Waals surface area contributed by atoms with Crippen LogP contribution in [0.1, 0.15) is 30.8 Å². The maximum atomic E-state index is 13.2. The maximum absolute atomic E-state index is 13.2. The Morgan fingerprint density at radius 2 is 1.89 bits per heavy atom. The smallest absolute Gasteiger partial charge is 0.282 e. The standard InChI is InChI=1S/C26H22BrClFN3O3/c1-3-24-31-22-10-7-18(27)13-20(22)26(33)32(24)30-14-17-11-21(28)25(23(12-17)34-4-2)35-15-16-5-8-19(29)9-6-16/h5-14H,3-4,15H2,1-2H3. The van der Waals surface area contributed by atoms with Crippen molar-refractivity contribution in [2.75, 3.05) is 6.61 Å². The molecule has 0 unspecified atom stereocenters. The van der Waals surface area contributed by atoms with E-state index in [1.807, 2.05) is 19.9 Å². The van der Waals surface area contributed by atoms with Gasteiger partial charge in [-0.05, 0) is 60.5 Å². The first-order valence-electron chi connectivity index (χ1n) is 11.0. The summed E-state index contributed by atoms with van der Waals surface area (Å²) in [7, 11) is 0. The molecule has 4 rings (SSSR count). The Hall–Kier alpha value is -3.23. The Kier molecular flexibility index (Phi) is 7.83. The van der Waals surface area contributed by atoms with Gasteiger partial charge in [-0.2, -0.15) is 9.78 Å². The van der Waals surface area contributed by atoms with Gasteiger partial charge in [-0.25, -0.2) is 9.37 Å². The zero-order chi connectivity index (χ0) is 24.9. The van der Waals surface area contributed by atoms with Gasteiger partial charge >= 0.3 is 0 Å².